The average Bonchev–Trinajstić information content (AvgIpc) is 2.57. The van der Waals surface area contributed by atoms with Crippen LogP contribution in [0.2, 0.25) is 0 Å². The Morgan fingerprint density at radius 3 is 2.21 bits per heavy atom. The van der Waals surface area contributed by atoms with Gasteiger partial charge in [0.05, 0.1) is 21.3 Å². The second-order valence-corrected chi connectivity index (χ2v) is 6.65. The Balaban J connectivity index is 2.04. The molecule has 0 radical (unpaired) electrons. The van der Waals surface area contributed by atoms with Crippen LogP contribution >= 0.6 is 0 Å². The minimum Gasteiger partial charge on any atom is -0.493 e. The van der Waals surface area contributed by atoms with Gasteiger partial charge in [-0.05, 0) is 23.6 Å². The maximum atomic E-state index is 12.7. The molecule has 1 saturated carbocycles. The first-order valence-corrected chi connectivity index (χ1v) is 7.96. The number of carbonyl (C=O) groups excluding carboxylic acids is 2. The van der Waals surface area contributed by atoms with E-state index in [2.05, 4.69) is 0 Å². The number of benzene rings is 1. The van der Waals surface area contributed by atoms with Gasteiger partial charge in [-0.1, -0.05) is 19.9 Å². The van der Waals surface area contributed by atoms with Crippen LogP contribution < -0.4 is 9.47 Å². The molecule has 0 spiro atoms. The molecular formula is C19H22O5. The number of methoxy groups -OCH3 is 3. The fraction of sp³-hybridized carbons (Fsp3) is 0.474. The zero-order valence-electron chi connectivity index (χ0n) is 14.6. The number of Topliss-reactive ketones (excluding diaryl/α,β-unsaturated/α-hetero) is 1. The highest BCUT2D eigenvalue weighted by molar-refractivity contribution is 6.13. The Kier molecular flexibility index (Phi) is 3.90. The molecule has 1 aromatic rings. The molecule has 128 valence electrons. The van der Waals surface area contributed by atoms with E-state index in [1.807, 2.05) is 32.0 Å². The van der Waals surface area contributed by atoms with E-state index in [1.54, 1.807) is 14.2 Å². The maximum absolute atomic E-state index is 12.7. The molecule has 0 N–H and O–H groups in total. The third-order valence-electron chi connectivity index (χ3n) is 5.65. The van der Waals surface area contributed by atoms with E-state index < -0.39 is 5.41 Å². The number of rotatable bonds is 4. The van der Waals surface area contributed by atoms with Crippen LogP contribution in [0.5, 0.6) is 11.5 Å². The van der Waals surface area contributed by atoms with Gasteiger partial charge in [0.2, 0.25) is 5.78 Å². The molecule has 5 heteroatoms. The maximum Gasteiger partial charge on any atom is 0.201 e. The average molecular weight is 330 g/mol. The van der Waals surface area contributed by atoms with Crippen molar-refractivity contribution in [1.82, 2.24) is 0 Å². The zero-order chi connectivity index (χ0) is 17.6. The van der Waals surface area contributed by atoms with E-state index in [0.29, 0.717) is 11.5 Å². The molecule has 0 aromatic heterocycles. The molecular weight excluding hydrogens is 308 g/mol. The number of fused-ring (bicyclic) bond motifs is 1. The summed E-state index contributed by atoms with van der Waals surface area (Å²) in [4.78, 5) is 25.3. The topological polar surface area (TPSA) is 61.8 Å². The van der Waals surface area contributed by atoms with Crippen LogP contribution in [0.1, 0.15) is 25.3 Å². The predicted molar refractivity (Wildman–Crippen MR) is 88.2 cm³/mol. The van der Waals surface area contributed by atoms with Gasteiger partial charge in [0, 0.05) is 23.3 Å². The van der Waals surface area contributed by atoms with Crippen molar-refractivity contribution in [3.63, 3.8) is 0 Å². The normalized spacial score (nSPS) is 31.7. The Labute approximate surface area is 141 Å². The van der Waals surface area contributed by atoms with Crippen molar-refractivity contribution in [1.29, 1.82) is 0 Å². The van der Waals surface area contributed by atoms with Crippen molar-refractivity contribution >= 4 is 11.6 Å². The van der Waals surface area contributed by atoms with E-state index in [4.69, 9.17) is 14.2 Å². The number of carbonyl (C=O) groups is 2. The number of hydrogen-bond acceptors (Lipinski definition) is 5. The van der Waals surface area contributed by atoms with Crippen molar-refractivity contribution in [3.05, 3.63) is 35.6 Å². The lowest BCUT2D eigenvalue weighted by molar-refractivity contribution is -0.158. The molecule has 5 nitrogen and oxygen atoms in total. The Hall–Kier alpha value is -2.30. The number of allylic oxidation sites excluding steroid dienone is 2. The van der Waals surface area contributed by atoms with Gasteiger partial charge in [-0.15, -0.1) is 0 Å². The summed E-state index contributed by atoms with van der Waals surface area (Å²) in [6, 6.07) is 5.68. The minimum atomic E-state index is -0.738. The van der Waals surface area contributed by atoms with Crippen LogP contribution in [0.4, 0.5) is 0 Å². The van der Waals surface area contributed by atoms with Crippen LogP contribution in [0, 0.1) is 17.3 Å². The fourth-order valence-corrected chi connectivity index (χ4v) is 4.53. The summed E-state index contributed by atoms with van der Waals surface area (Å²) < 4.78 is 15.7. The molecule has 4 atom stereocenters. The first-order valence-electron chi connectivity index (χ1n) is 7.96. The van der Waals surface area contributed by atoms with Gasteiger partial charge in [0.25, 0.3) is 0 Å². The minimum absolute atomic E-state index is 0.0448. The molecule has 1 unspecified atom stereocenters. The standard InChI is InChI=1S/C19H22O5/c1-10-16(11-6-7-12(22-3)13(8-11)23-4)19(2)15(20)9-14(24-5)18(21)17(10)19/h6-10,16-17H,1-5H3/t10-,16+,17?,19+/m0/s1. The molecule has 3 rings (SSSR count). The van der Waals surface area contributed by atoms with E-state index in [9.17, 15) is 9.59 Å². The van der Waals surface area contributed by atoms with Crippen molar-refractivity contribution in [3.8, 4) is 11.5 Å². The molecule has 1 aromatic carbocycles. The van der Waals surface area contributed by atoms with Crippen LogP contribution in [0.25, 0.3) is 0 Å². The van der Waals surface area contributed by atoms with Crippen molar-refractivity contribution in [2.45, 2.75) is 19.8 Å². The van der Waals surface area contributed by atoms with Gasteiger partial charge in [-0.2, -0.15) is 0 Å². The highest BCUT2D eigenvalue weighted by Gasteiger charge is 2.66. The van der Waals surface area contributed by atoms with Crippen molar-refractivity contribution in [2.75, 3.05) is 21.3 Å². The highest BCUT2D eigenvalue weighted by Crippen LogP contribution is 2.64. The number of hydrogen-bond donors (Lipinski definition) is 0. The van der Waals surface area contributed by atoms with Gasteiger partial charge in [0.1, 0.15) is 0 Å². The second kappa shape index (κ2) is 5.65. The van der Waals surface area contributed by atoms with Crippen LogP contribution in [-0.4, -0.2) is 32.9 Å². The summed E-state index contributed by atoms with van der Waals surface area (Å²) in [7, 11) is 4.59. The summed E-state index contributed by atoms with van der Waals surface area (Å²) in [6.45, 7) is 3.89. The zero-order valence-corrected chi connectivity index (χ0v) is 14.6. The van der Waals surface area contributed by atoms with E-state index in [0.717, 1.165) is 5.56 Å². The molecule has 0 amide bonds. The van der Waals surface area contributed by atoms with Gasteiger partial charge >= 0.3 is 0 Å². The lowest BCUT2D eigenvalue weighted by Gasteiger charge is -2.58. The predicted octanol–water partition coefficient (Wildman–Crippen LogP) is 2.74. The van der Waals surface area contributed by atoms with Crippen LogP contribution in [-0.2, 0) is 14.3 Å². The Morgan fingerprint density at radius 1 is 0.958 bits per heavy atom. The summed E-state index contributed by atoms with van der Waals surface area (Å²) in [5.41, 5.74) is 0.243. The first-order chi connectivity index (χ1) is 11.4. The van der Waals surface area contributed by atoms with Crippen molar-refractivity contribution in [2.24, 2.45) is 17.3 Å². The SMILES string of the molecule is COC1=CC(=O)[C@@]2(C)C(C1=O)[C@@H](C)[C@@H]2c1ccc(OC)c(OC)c1. The fourth-order valence-electron chi connectivity index (χ4n) is 4.53. The molecule has 0 bridgehead atoms. The third kappa shape index (κ3) is 2.00. The van der Waals surface area contributed by atoms with Crippen molar-refractivity contribution < 1.29 is 23.8 Å². The highest BCUT2D eigenvalue weighted by atomic mass is 16.5. The number of ketones is 2. The molecule has 1 fully saturated rings. The van der Waals surface area contributed by atoms with Gasteiger partial charge in [-0.3, -0.25) is 9.59 Å². The smallest absolute Gasteiger partial charge is 0.201 e. The lowest BCUT2D eigenvalue weighted by Crippen LogP contribution is -2.61. The Bertz CT molecular complexity index is 735. The van der Waals surface area contributed by atoms with Crippen LogP contribution in [0.3, 0.4) is 0 Å². The van der Waals surface area contributed by atoms with Crippen LogP contribution in [0.15, 0.2) is 30.0 Å². The molecule has 2 aliphatic rings. The first kappa shape index (κ1) is 16.6. The molecule has 0 heterocycles. The monoisotopic (exact) mass is 330 g/mol. The van der Waals surface area contributed by atoms with E-state index >= 15 is 0 Å². The van der Waals surface area contributed by atoms with Gasteiger partial charge in [-0.25, -0.2) is 0 Å². The van der Waals surface area contributed by atoms with Gasteiger partial charge in [0.15, 0.2) is 23.0 Å². The molecule has 2 aliphatic carbocycles. The molecule has 0 aliphatic heterocycles. The summed E-state index contributed by atoms with van der Waals surface area (Å²) >= 11 is 0. The molecule has 0 saturated heterocycles. The number of ether oxygens (including phenoxy) is 3. The van der Waals surface area contributed by atoms with E-state index in [1.165, 1.54) is 13.2 Å². The molecule has 24 heavy (non-hydrogen) atoms. The second-order valence-electron chi connectivity index (χ2n) is 6.65. The van der Waals surface area contributed by atoms with Gasteiger partial charge < -0.3 is 14.2 Å². The van der Waals surface area contributed by atoms with E-state index in [-0.39, 0.29) is 35.1 Å². The summed E-state index contributed by atoms with van der Waals surface area (Å²) in [5, 5.41) is 0. The lowest BCUT2D eigenvalue weighted by atomic mass is 9.42. The quantitative estimate of drug-likeness (QED) is 0.849. The Morgan fingerprint density at radius 2 is 1.62 bits per heavy atom. The third-order valence-corrected chi connectivity index (χ3v) is 5.65. The largest absolute Gasteiger partial charge is 0.493 e. The summed E-state index contributed by atoms with van der Waals surface area (Å²) in [6.07, 6.45) is 1.35. The summed E-state index contributed by atoms with van der Waals surface area (Å²) in [5.74, 6) is 0.949.